The molecule has 0 fully saturated rings. The Labute approximate surface area is 164 Å². The number of aryl methyl sites for hydroxylation is 1. The number of rotatable bonds is 6. The molecule has 27 heavy (non-hydrogen) atoms. The highest BCUT2D eigenvalue weighted by atomic mass is 35.5. The van der Waals surface area contributed by atoms with Crippen LogP contribution in [-0.2, 0) is 6.61 Å². The van der Waals surface area contributed by atoms with Gasteiger partial charge in [0.1, 0.15) is 12.4 Å². The number of carbonyl (C=O) groups is 1. The average molecular weight is 380 g/mol. The Morgan fingerprint density at radius 3 is 2.44 bits per heavy atom. The van der Waals surface area contributed by atoms with Crippen molar-refractivity contribution in [1.29, 1.82) is 0 Å². The SMILES string of the molecule is Cc1ccc(C(C)NC(=O)c2cc(Cl)ccc2OCc2ccccc2)cc1. The maximum absolute atomic E-state index is 12.8. The van der Waals surface area contributed by atoms with E-state index in [1.165, 1.54) is 5.56 Å². The average Bonchev–Trinajstić information content (AvgIpc) is 2.68. The van der Waals surface area contributed by atoms with E-state index in [-0.39, 0.29) is 11.9 Å². The standard InChI is InChI=1S/C23H22ClNO2/c1-16-8-10-19(11-9-16)17(2)25-23(26)21-14-20(24)12-13-22(21)27-15-18-6-4-3-5-7-18/h3-14,17H,15H2,1-2H3,(H,25,26). The molecule has 1 unspecified atom stereocenters. The molecule has 3 aromatic rings. The molecule has 3 aromatic carbocycles. The van der Waals surface area contributed by atoms with Gasteiger partial charge in [-0.1, -0.05) is 71.8 Å². The number of amides is 1. The van der Waals surface area contributed by atoms with Crippen LogP contribution in [0.3, 0.4) is 0 Å². The predicted octanol–water partition coefficient (Wildman–Crippen LogP) is 5.72. The van der Waals surface area contributed by atoms with E-state index in [2.05, 4.69) is 5.32 Å². The van der Waals surface area contributed by atoms with Gasteiger partial charge in [0, 0.05) is 5.02 Å². The van der Waals surface area contributed by atoms with E-state index in [0.717, 1.165) is 11.1 Å². The van der Waals surface area contributed by atoms with Gasteiger partial charge in [0.2, 0.25) is 0 Å². The van der Waals surface area contributed by atoms with Crippen molar-refractivity contribution in [2.24, 2.45) is 0 Å². The van der Waals surface area contributed by atoms with E-state index >= 15 is 0 Å². The van der Waals surface area contributed by atoms with Crippen LogP contribution in [0.1, 0.15) is 40.0 Å². The summed E-state index contributed by atoms with van der Waals surface area (Å²) in [7, 11) is 0. The lowest BCUT2D eigenvalue weighted by molar-refractivity contribution is 0.0935. The van der Waals surface area contributed by atoms with Crippen molar-refractivity contribution in [1.82, 2.24) is 5.32 Å². The normalized spacial score (nSPS) is 11.7. The lowest BCUT2D eigenvalue weighted by Gasteiger charge is -2.17. The molecular formula is C23H22ClNO2. The van der Waals surface area contributed by atoms with Gasteiger partial charge in [0.15, 0.2) is 0 Å². The fourth-order valence-electron chi connectivity index (χ4n) is 2.75. The molecule has 138 valence electrons. The largest absolute Gasteiger partial charge is 0.488 e. The van der Waals surface area contributed by atoms with Crippen LogP contribution in [0.4, 0.5) is 0 Å². The first kappa shape index (κ1) is 19.0. The van der Waals surface area contributed by atoms with Crippen LogP contribution in [0.25, 0.3) is 0 Å². The minimum Gasteiger partial charge on any atom is -0.488 e. The van der Waals surface area contributed by atoms with Gasteiger partial charge in [-0.05, 0) is 43.2 Å². The summed E-state index contributed by atoms with van der Waals surface area (Å²) in [6.45, 7) is 4.38. The summed E-state index contributed by atoms with van der Waals surface area (Å²) in [6.07, 6.45) is 0. The number of halogens is 1. The van der Waals surface area contributed by atoms with Crippen LogP contribution in [-0.4, -0.2) is 5.91 Å². The maximum atomic E-state index is 12.8. The Hall–Kier alpha value is -2.78. The second-order valence-corrected chi connectivity index (χ2v) is 6.96. The molecule has 1 atom stereocenters. The van der Waals surface area contributed by atoms with Gasteiger partial charge < -0.3 is 10.1 Å². The fourth-order valence-corrected chi connectivity index (χ4v) is 2.93. The number of nitrogens with one attached hydrogen (secondary N) is 1. The quantitative estimate of drug-likeness (QED) is 0.595. The van der Waals surface area contributed by atoms with Crippen LogP contribution < -0.4 is 10.1 Å². The molecule has 0 saturated carbocycles. The lowest BCUT2D eigenvalue weighted by Crippen LogP contribution is -2.27. The first-order valence-corrected chi connectivity index (χ1v) is 9.24. The summed E-state index contributed by atoms with van der Waals surface area (Å²) < 4.78 is 5.88. The van der Waals surface area contributed by atoms with E-state index < -0.39 is 0 Å². The molecule has 0 aliphatic heterocycles. The van der Waals surface area contributed by atoms with E-state index in [9.17, 15) is 4.79 Å². The topological polar surface area (TPSA) is 38.3 Å². The third kappa shape index (κ3) is 5.11. The van der Waals surface area contributed by atoms with E-state index in [1.54, 1.807) is 18.2 Å². The monoisotopic (exact) mass is 379 g/mol. The predicted molar refractivity (Wildman–Crippen MR) is 109 cm³/mol. The van der Waals surface area contributed by atoms with Crippen molar-refractivity contribution in [3.8, 4) is 5.75 Å². The summed E-state index contributed by atoms with van der Waals surface area (Å²) in [6, 6.07) is 22.9. The third-order valence-electron chi connectivity index (χ3n) is 4.35. The van der Waals surface area contributed by atoms with E-state index in [4.69, 9.17) is 16.3 Å². The summed E-state index contributed by atoms with van der Waals surface area (Å²) >= 11 is 6.11. The number of ether oxygens (including phenoxy) is 1. The lowest BCUT2D eigenvalue weighted by atomic mass is 10.1. The summed E-state index contributed by atoms with van der Waals surface area (Å²) in [4.78, 5) is 12.8. The van der Waals surface area contributed by atoms with Gasteiger partial charge in [-0.2, -0.15) is 0 Å². The Balaban J connectivity index is 1.75. The van der Waals surface area contributed by atoms with Crippen LogP contribution in [0.5, 0.6) is 5.75 Å². The summed E-state index contributed by atoms with van der Waals surface area (Å²) in [5.74, 6) is 0.297. The third-order valence-corrected chi connectivity index (χ3v) is 4.58. The van der Waals surface area contributed by atoms with Crippen molar-refractivity contribution >= 4 is 17.5 Å². The molecule has 3 nitrogen and oxygen atoms in total. The molecule has 0 radical (unpaired) electrons. The van der Waals surface area contributed by atoms with Crippen molar-refractivity contribution in [3.63, 3.8) is 0 Å². The number of benzene rings is 3. The summed E-state index contributed by atoms with van der Waals surface area (Å²) in [5, 5.41) is 3.52. The second kappa shape index (κ2) is 8.74. The molecule has 3 rings (SSSR count). The second-order valence-electron chi connectivity index (χ2n) is 6.52. The maximum Gasteiger partial charge on any atom is 0.255 e. The molecule has 1 amide bonds. The molecule has 0 aliphatic carbocycles. The van der Waals surface area contributed by atoms with E-state index in [1.807, 2.05) is 68.4 Å². The first-order valence-electron chi connectivity index (χ1n) is 8.86. The minimum atomic E-state index is -0.214. The van der Waals surface area contributed by atoms with Crippen molar-refractivity contribution in [3.05, 3.63) is 100 Å². The zero-order chi connectivity index (χ0) is 19.2. The smallest absolute Gasteiger partial charge is 0.255 e. The summed E-state index contributed by atoms with van der Waals surface area (Å²) in [5.41, 5.74) is 3.69. The molecular weight excluding hydrogens is 358 g/mol. The highest BCUT2D eigenvalue weighted by Gasteiger charge is 2.16. The molecule has 4 heteroatoms. The van der Waals surface area contributed by atoms with Crippen LogP contribution >= 0.6 is 11.6 Å². The molecule has 0 aromatic heterocycles. The van der Waals surface area contributed by atoms with Gasteiger partial charge in [-0.3, -0.25) is 4.79 Å². The zero-order valence-corrected chi connectivity index (χ0v) is 16.2. The molecule has 0 aliphatic rings. The first-order chi connectivity index (χ1) is 13.0. The highest BCUT2D eigenvalue weighted by Crippen LogP contribution is 2.25. The molecule has 1 N–H and O–H groups in total. The molecule has 0 bridgehead atoms. The van der Waals surface area contributed by atoms with Crippen molar-refractivity contribution in [2.45, 2.75) is 26.5 Å². The van der Waals surface area contributed by atoms with Crippen molar-refractivity contribution in [2.75, 3.05) is 0 Å². The molecule has 0 spiro atoms. The molecule has 0 heterocycles. The van der Waals surface area contributed by atoms with Crippen LogP contribution in [0.15, 0.2) is 72.8 Å². The Bertz CT molecular complexity index is 907. The van der Waals surface area contributed by atoms with Gasteiger partial charge in [-0.25, -0.2) is 0 Å². The van der Waals surface area contributed by atoms with E-state index in [0.29, 0.717) is 22.9 Å². The Morgan fingerprint density at radius 1 is 1.04 bits per heavy atom. The fraction of sp³-hybridized carbons (Fsp3) is 0.174. The number of carbonyl (C=O) groups excluding carboxylic acids is 1. The number of hydrogen-bond acceptors (Lipinski definition) is 2. The highest BCUT2D eigenvalue weighted by molar-refractivity contribution is 6.31. The van der Waals surface area contributed by atoms with Crippen LogP contribution in [0.2, 0.25) is 5.02 Å². The van der Waals surface area contributed by atoms with Gasteiger partial charge in [0.25, 0.3) is 5.91 Å². The number of hydrogen-bond donors (Lipinski definition) is 1. The molecule has 0 saturated heterocycles. The Kier molecular flexibility index (Phi) is 6.15. The van der Waals surface area contributed by atoms with Gasteiger partial charge in [-0.15, -0.1) is 0 Å². The van der Waals surface area contributed by atoms with Gasteiger partial charge >= 0.3 is 0 Å². The zero-order valence-electron chi connectivity index (χ0n) is 15.4. The van der Waals surface area contributed by atoms with Gasteiger partial charge in [0.05, 0.1) is 11.6 Å². The minimum absolute atomic E-state index is 0.126. The van der Waals surface area contributed by atoms with Crippen LogP contribution in [0, 0.1) is 6.92 Å². The van der Waals surface area contributed by atoms with Crippen molar-refractivity contribution < 1.29 is 9.53 Å². The Morgan fingerprint density at radius 2 is 1.74 bits per heavy atom.